The molecule has 7 heteroatoms. The van der Waals surface area contributed by atoms with Gasteiger partial charge in [-0.15, -0.1) is 0 Å². The van der Waals surface area contributed by atoms with Crippen LogP contribution in [-0.2, 0) is 20.5 Å². The lowest BCUT2D eigenvalue weighted by atomic mass is 9.89. The molecule has 38 heavy (non-hydrogen) atoms. The van der Waals surface area contributed by atoms with Crippen LogP contribution in [0.2, 0.25) is 0 Å². The first-order chi connectivity index (χ1) is 18.2. The molecule has 0 saturated carbocycles. The number of pyridine rings is 2. The van der Waals surface area contributed by atoms with Gasteiger partial charge in [0, 0.05) is 37.7 Å². The van der Waals surface area contributed by atoms with Crippen LogP contribution in [0.5, 0.6) is 0 Å². The summed E-state index contributed by atoms with van der Waals surface area (Å²) in [5, 5.41) is 0.978. The number of nitrogen functional groups attached to an aromatic ring is 1. The van der Waals surface area contributed by atoms with E-state index in [1.54, 1.807) is 19.0 Å². The van der Waals surface area contributed by atoms with Crippen LogP contribution in [0.15, 0.2) is 67.0 Å². The van der Waals surface area contributed by atoms with E-state index in [0.717, 1.165) is 47.8 Å². The Kier molecular flexibility index (Phi) is 7.02. The number of carbonyl (C=O) groups is 1. The summed E-state index contributed by atoms with van der Waals surface area (Å²) in [4.78, 5) is 18.1. The number of halogens is 1. The number of nitrogens with zero attached hydrogens (tertiary/aromatic N) is 4. The summed E-state index contributed by atoms with van der Waals surface area (Å²) < 4.78 is 19.1. The molecule has 2 atom stereocenters. The highest BCUT2D eigenvalue weighted by molar-refractivity contribution is 5.94. The standard InChI is InChI=1S/C31H34FN5O/c1-35(2)31(38)23-12-10-22(11-13-23)21-7-5-6-20(8-9-21)16-25-18-27-26(14-15-36(3)30(27)37(25)4)29-28(32)17-24(33)19-34-29/h5-6,10-15,17-21,33H,7-9,16H2,1-4H3/p+1. The lowest BCUT2D eigenvalue weighted by Crippen LogP contribution is -2.30. The molecule has 1 aliphatic rings. The normalized spacial score (nSPS) is 17.5. The number of anilines is 1. The third-order valence-corrected chi connectivity index (χ3v) is 7.73. The van der Waals surface area contributed by atoms with Gasteiger partial charge in [-0.2, -0.15) is 0 Å². The summed E-state index contributed by atoms with van der Waals surface area (Å²) in [5.74, 6) is 0.468. The van der Waals surface area contributed by atoms with Gasteiger partial charge in [-0.3, -0.25) is 9.78 Å². The monoisotopic (exact) mass is 512 g/mol. The number of nitrogens with two attached hydrogens (primary N) is 1. The molecule has 4 aromatic rings. The number of hydrogen-bond acceptors (Lipinski definition) is 3. The third-order valence-electron chi connectivity index (χ3n) is 7.73. The van der Waals surface area contributed by atoms with Crippen molar-refractivity contribution in [1.82, 2.24) is 14.5 Å². The molecule has 0 spiro atoms. The molecule has 6 nitrogen and oxygen atoms in total. The molecule has 0 radical (unpaired) electrons. The van der Waals surface area contributed by atoms with Crippen molar-refractivity contribution in [2.75, 3.05) is 19.8 Å². The van der Waals surface area contributed by atoms with Gasteiger partial charge < -0.3 is 10.6 Å². The number of aryl methyl sites for hydroxylation is 2. The lowest BCUT2D eigenvalue weighted by Gasteiger charge is -2.17. The van der Waals surface area contributed by atoms with Crippen LogP contribution in [0.4, 0.5) is 10.1 Å². The molecule has 1 amide bonds. The zero-order valence-corrected chi connectivity index (χ0v) is 22.5. The maximum absolute atomic E-state index is 14.8. The van der Waals surface area contributed by atoms with Gasteiger partial charge in [0.2, 0.25) is 0 Å². The largest absolute Gasteiger partial charge is 0.397 e. The predicted octanol–water partition coefficient (Wildman–Crippen LogP) is 5.17. The van der Waals surface area contributed by atoms with E-state index < -0.39 is 5.82 Å². The maximum atomic E-state index is 14.8. The molecule has 1 aliphatic carbocycles. The first-order valence-electron chi connectivity index (χ1n) is 13.1. The smallest absolute Gasteiger partial charge is 0.289 e. The highest BCUT2D eigenvalue weighted by Gasteiger charge is 2.24. The number of rotatable bonds is 5. The molecule has 5 rings (SSSR count). The van der Waals surface area contributed by atoms with Crippen LogP contribution >= 0.6 is 0 Å². The van der Waals surface area contributed by atoms with E-state index in [1.807, 2.05) is 31.4 Å². The number of aromatic nitrogens is 3. The summed E-state index contributed by atoms with van der Waals surface area (Å²) in [6.07, 6.45) is 12.2. The van der Waals surface area contributed by atoms with Crippen LogP contribution in [0, 0.1) is 11.7 Å². The van der Waals surface area contributed by atoms with Crippen molar-refractivity contribution >= 4 is 22.6 Å². The quantitative estimate of drug-likeness (QED) is 0.296. The third kappa shape index (κ3) is 4.93. The van der Waals surface area contributed by atoms with E-state index in [0.29, 0.717) is 23.2 Å². The van der Waals surface area contributed by atoms with Gasteiger partial charge in [0.05, 0.1) is 37.6 Å². The number of allylic oxidation sites excluding steroid dienone is 2. The van der Waals surface area contributed by atoms with Crippen LogP contribution in [0.3, 0.4) is 0 Å². The fourth-order valence-electron chi connectivity index (χ4n) is 5.63. The van der Waals surface area contributed by atoms with Crippen molar-refractivity contribution in [3.63, 3.8) is 0 Å². The fraction of sp³-hybridized carbons (Fsp3) is 0.323. The van der Waals surface area contributed by atoms with Crippen LogP contribution in [-0.4, -0.2) is 34.5 Å². The molecular weight excluding hydrogens is 477 g/mol. The van der Waals surface area contributed by atoms with Crippen LogP contribution < -0.4 is 10.3 Å². The Bertz CT molecular complexity index is 1520. The minimum Gasteiger partial charge on any atom is -0.397 e. The summed E-state index contributed by atoms with van der Waals surface area (Å²) >= 11 is 0. The average Bonchev–Trinajstić information content (AvgIpc) is 3.06. The Labute approximate surface area is 223 Å². The maximum Gasteiger partial charge on any atom is 0.289 e. The molecule has 0 aliphatic heterocycles. The second kappa shape index (κ2) is 10.4. The van der Waals surface area contributed by atoms with E-state index in [2.05, 4.69) is 51.5 Å². The van der Waals surface area contributed by atoms with E-state index in [9.17, 15) is 9.18 Å². The molecule has 2 unspecified atom stereocenters. The van der Waals surface area contributed by atoms with Gasteiger partial charge in [-0.05, 0) is 60.9 Å². The van der Waals surface area contributed by atoms with Crippen molar-refractivity contribution in [1.29, 1.82) is 0 Å². The average molecular weight is 513 g/mol. The van der Waals surface area contributed by atoms with Gasteiger partial charge in [-0.25, -0.2) is 13.5 Å². The Morgan fingerprint density at radius 3 is 2.66 bits per heavy atom. The first kappa shape index (κ1) is 25.6. The molecule has 1 aromatic carbocycles. The van der Waals surface area contributed by atoms with Gasteiger partial charge in [0.1, 0.15) is 11.4 Å². The van der Waals surface area contributed by atoms with Gasteiger partial charge >= 0.3 is 0 Å². The molecule has 196 valence electrons. The van der Waals surface area contributed by atoms with Crippen LogP contribution in [0.25, 0.3) is 22.3 Å². The van der Waals surface area contributed by atoms with Crippen molar-refractivity contribution in [2.45, 2.75) is 31.6 Å². The Balaban J connectivity index is 1.36. The highest BCUT2D eigenvalue weighted by atomic mass is 19.1. The van der Waals surface area contributed by atoms with E-state index in [-0.39, 0.29) is 5.91 Å². The van der Waals surface area contributed by atoms with Gasteiger partial charge in [0.15, 0.2) is 5.82 Å². The fourth-order valence-corrected chi connectivity index (χ4v) is 5.63. The SMILES string of the molecule is CN(C)C(=O)c1ccc(C2CC=CC(Cc3cc4c(-c5ncc(N)cc5F)cc[n+](C)c4n3C)CC2)cc1. The number of carbonyl (C=O) groups excluding carboxylic acids is 1. The molecule has 3 aromatic heterocycles. The number of fused-ring (bicyclic) bond motifs is 1. The lowest BCUT2D eigenvalue weighted by molar-refractivity contribution is -0.647. The molecule has 3 heterocycles. The highest BCUT2D eigenvalue weighted by Crippen LogP contribution is 2.34. The predicted molar refractivity (Wildman–Crippen MR) is 149 cm³/mol. The molecular formula is C31H35FN5O+. The Morgan fingerprint density at radius 1 is 1.18 bits per heavy atom. The number of hydrogen-bond donors (Lipinski definition) is 1. The van der Waals surface area contributed by atoms with Crippen molar-refractivity contribution in [2.24, 2.45) is 20.0 Å². The summed E-state index contributed by atoms with van der Waals surface area (Å²) in [6.45, 7) is 0. The van der Waals surface area contributed by atoms with Gasteiger partial charge in [-0.1, -0.05) is 24.3 Å². The minimum absolute atomic E-state index is 0.0267. The molecule has 0 bridgehead atoms. The summed E-state index contributed by atoms with van der Waals surface area (Å²) in [5.41, 5.74) is 11.4. The van der Waals surface area contributed by atoms with Crippen molar-refractivity contribution in [3.8, 4) is 11.3 Å². The van der Waals surface area contributed by atoms with Crippen molar-refractivity contribution < 1.29 is 13.8 Å². The topological polar surface area (TPSA) is 68.0 Å². The zero-order valence-electron chi connectivity index (χ0n) is 22.5. The zero-order chi connectivity index (χ0) is 27.0. The first-order valence-corrected chi connectivity index (χ1v) is 13.1. The molecule has 2 N–H and O–H groups in total. The van der Waals surface area contributed by atoms with E-state index in [4.69, 9.17) is 5.73 Å². The Morgan fingerprint density at radius 2 is 1.95 bits per heavy atom. The van der Waals surface area contributed by atoms with Gasteiger partial charge in [0.25, 0.3) is 11.6 Å². The second-order valence-electron chi connectivity index (χ2n) is 10.6. The molecule has 0 saturated heterocycles. The summed E-state index contributed by atoms with van der Waals surface area (Å²) in [7, 11) is 7.64. The van der Waals surface area contributed by atoms with E-state index >= 15 is 0 Å². The van der Waals surface area contributed by atoms with Crippen molar-refractivity contribution in [3.05, 3.63) is 89.6 Å². The van der Waals surface area contributed by atoms with Crippen LogP contribution in [0.1, 0.15) is 46.8 Å². The number of benzene rings is 1. The molecule has 0 fully saturated rings. The summed E-state index contributed by atoms with van der Waals surface area (Å²) in [6, 6.07) is 13.5. The second-order valence-corrected chi connectivity index (χ2v) is 10.6. The Hall–Kier alpha value is -4.00. The van der Waals surface area contributed by atoms with E-state index in [1.165, 1.54) is 23.5 Å². The minimum atomic E-state index is -0.414. The number of amides is 1.